The second kappa shape index (κ2) is 6.49. The number of hydrogen-bond donors (Lipinski definition) is 2. The third-order valence-electron chi connectivity index (χ3n) is 3.35. The van der Waals surface area contributed by atoms with Crippen LogP contribution in [0.15, 0.2) is 30.3 Å². The molecule has 1 saturated heterocycles. The predicted molar refractivity (Wildman–Crippen MR) is 71.9 cm³/mol. The first-order valence-electron chi connectivity index (χ1n) is 6.50. The zero-order valence-corrected chi connectivity index (χ0v) is 11.1. The van der Waals surface area contributed by atoms with Crippen LogP contribution in [0.1, 0.15) is 18.0 Å². The summed E-state index contributed by atoms with van der Waals surface area (Å²) >= 11 is 0. The van der Waals surface area contributed by atoms with Gasteiger partial charge < -0.3 is 20.5 Å². The Morgan fingerprint density at radius 2 is 2.10 bits per heavy atom. The van der Waals surface area contributed by atoms with E-state index in [1.54, 1.807) is 12.1 Å². The molecule has 1 amide bonds. The van der Waals surface area contributed by atoms with Crippen molar-refractivity contribution in [1.29, 1.82) is 0 Å². The molecule has 1 aromatic rings. The Labute approximate surface area is 117 Å². The van der Waals surface area contributed by atoms with E-state index in [9.17, 15) is 9.59 Å². The van der Waals surface area contributed by atoms with Crippen LogP contribution in [0.3, 0.4) is 0 Å². The molecule has 1 aliphatic rings. The molecular weight excluding hydrogens is 260 g/mol. The summed E-state index contributed by atoms with van der Waals surface area (Å²) < 4.78 is 5.25. The highest BCUT2D eigenvalue weighted by Crippen LogP contribution is 2.18. The molecule has 20 heavy (non-hydrogen) atoms. The lowest BCUT2D eigenvalue weighted by Crippen LogP contribution is -2.52. The third-order valence-corrected chi connectivity index (χ3v) is 3.35. The van der Waals surface area contributed by atoms with Gasteiger partial charge in [-0.2, -0.15) is 0 Å². The molecule has 0 bridgehead atoms. The maximum absolute atomic E-state index is 12.4. The smallest absolute Gasteiger partial charge is 0.305 e. The van der Waals surface area contributed by atoms with Gasteiger partial charge in [-0.25, -0.2) is 0 Å². The fraction of sp³-hybridized carbons (Fsp3) is 0.429. The Balaban J connectivity index is 2.11. The molecule has 0 spiro atoms. The number of amides is 1. The lowest BCUT2D eigenvalue weighted by molar-refractivity contribution is -0.147. The van der Waals surface area contributed by atoms with Crippen molar-refractivity contribution in [2.24, 2.45) is 5.73 Å². The summed E-state index contributed by atoms with van der Waals surface area (Å²) in [6.07, 6.45) is -0.132. The quantitative estimate of drug-likeness (QED) is 0.831. The van der Waals surface area contributed by atoms with Crippen molar-refractivity contribution in [3.8, 4) is 0 Å². The standard InChI is InChI=1S/C14H18N2O4/c15-13(10-4-2-1-3-5-10)14(19)16-6-7-20-9-11(16)8-12(17)18/h1-5,11,13H,6-9,15H2,(H,17,18)/t11?,13-/m1/s1. The summed E-state index contributed by atoms with van der Waals surface area (Å²) in [6, 6.07) is 7.83. The first-order valence-corrected chi connectivity index (χ1v) is 6.50. The molecule has 6 heteroatoms. The fourth-order valence-electron chi connectivity index (χ4n) is 2.30. The Morgan fingerprint density at radius 1 is 1.40 bits per heavy atom. The molecule has 2 rings (SSSR count). The van der Waals surface area contributed by atoms with Gasteiger partial charge in [-0.1, -0.05) is 30.3 Å². The second-order valence-corrected chi connectivity index (χ2v) is 4.75. The van der Waals surface area contributed by atoms with Gasteiger partial charge >= 0.3 is 5.97 Å². The highest BCUT2D eigenvalue weighted by molar-refractivity contribution is 5.84. The fourth-order valence-corrected chi connectivity index (χ4v) is 2.30. The summed E-state index contributed by atoms with van der Waals surface area (Å²) in [5.74, 6) is -1.21. The van der Waals surface area contributed by atoms with Gasteiger partial charge in [0.15, 0.2) is 0 Å². The van der Waals surface area contributed by atoms with Gasteiger partial charge in [0.2, 0.25) is 5.91 Å². The number of nitrogens with zero attached hydrogens (tertiary/aromatic N) is 1. The molecule has 0 radical (unpaired) electrons. The number of morpholine rings is 1. The number of benzene rings is 1. The highest BCUT2D eigenvalue weighted by atomic mass is 16.5. The van der Waals surface area contributed by atoms with Crippen molar-refractivity contribution in [2.75, 3.05) is 19.8 Å². The van der Waals surface area contributed by atoms with Gasteiger partial charge in [-0.3, -0.25) is 9.59 Å². The Hall–Kier alpha value is -1.92. The average Bonchev–Trinajstić information content (AvgIpc) is 2.46. The zero-order chi connectivity index (χ0) is 14.5. The van der Waals surface area contributed by atoms with Crippen molar-refractivity contribution in [2.45, 2.75) is 18.5 Å². The van der Waals surface area contributed by atoms with E-state index in [1.165, 1.54) is 4.90 Å². The number of carbonyl (C=O) groups is 2. The normalized spacial score (nSPS) is 20.4. The molecular formula is C14H18N2O4. The Kier molecular flexibility index (Phi) is 4.70. The number of ether oxygens (including phenoxy) is 1. The average molecular weight is 278 g/mol. The zero-order valence-electron chi connectivity index (χ0n) is 11.1. The molecule has 1 unspecified atom stereocenters. The van der Waals surface area contributed by atoms with Crippen LogP contribution < -0.4 is 5.73 Å². The maximum atomic E-state index is 12.4. The number of carboxylic acids is 1. The first-order chi connectivity index (χ1) is 9.59. The van der Waals surface area contributed by atoms with E-state index in [-0.39, 0.29) is 18.9 Å². The van der Waals surface area contributed by atoms with Crippen LogP contribution in [-0.4, -0.2) is 47.7 Å². The number of nitrogens with two attached hydrogens (primary N) is 1. The van der Waals surface area contributed by atoms with Gasteiger partial charge in [0.05, 0.1) is 25.7 Å². The molecule has 0 aliphatic carbocycles. The van der Waals surface area contributed by atoms with Crippen molar-refractivity contribution < 1.29 is 19.4 Å². The van der Waals surface area contributed by atoms with E-state index in [1.807, 2.05) is 18.2 Å². The number of rotatable bonds is 4. The molecule has 6 nitrogen and oxygen atoms in total. The monoisotopic (exact) mass is 278 g/mol. The van der Waals surface area contributed by atoms with Crippen molar-refractivity contribution in [3.05, 3.63) is 35.9 Å². The number of carboxylic acid groups (broad SMARTS) is 1. The first kappa shape index (κ1) is 14.5. The molecule has 1 heterocycles. The van der Waals surface area contributed by atoms with Gasteiger partial charge in [0, 0.05) is 6.54 Å². The lowest BCUT2D eigenvalue weighted by Gasteiger charge is -2.36. The van der Waals surface area contributed by atoms with E-state index in [0.29, 0.717) is 13.2 Å². The predicted octanol–water partition coefficient (Wildman–Crippen LogP) is 0.389. The number of hydrogen-bond acceptors (Lipinski definition) is 4. The Bertz CT molecular complexity index is 477. The molecule has 108 valence electrons. The highest BCUT2D eigenvalue weighted by Gasteiger charge is 2.32. The molecule has 2 atom stereocenters. The van der Waals surface area contributed by atoms with E-state index in [0.717, 1.165) is 5.56 Å². The van der Waals surface area contributed by atoms with Gasteiger partial charge in [0.25, 0.3) is 0 Å². The second-order valence-electron chi connectivity index (χ2n) is 4.75. The largest absolute Gasteiger partial charge is 0.481 e. The lowest BCUT2D eigenvalue weighted by atomic mass is 10.0. The van der Waals surface area contributed by atoms with Gasteiger partial charge in [-0.05, 0) is 5.56 Å². The minimum absolute atomic E-state index is 0.132. The summed E-state index contributed by atoms with van der Waals surface area (Å²) in [5.41, 5.74) is 6.70. The van der Waals surface area contributed by atoms with Crippen molar-refractivity contribution in [1.82, 2.24) is 4.90 Å². The summed E-state index contributed by atoms with van der Waals surface area (Å²) in [4.78, 5) is 24.8. The minimum atomic E-state index is -0.952. The molecule has 1 fully saturated rings. The van der Waals surface area contributed by atoms with Crippen LogP contribution in [0.5, 0.6) is 0 Å². The van der Waals surface area contributed by atoms with E-state index in [4.69, 9.17) is 15.6 Å². The Morgan fingerprint density at radius 3 is 2.75 bits per heavy atom. The van der Waals surface area contributed by atoms with Crippen molar-refractivity contribution >= 4 is 11.9 Å². The van der Waals surface area contributed by atoms with E-state index in [2.05, 4.69) is 0 Å². The summed E-state index contributed by atoms with van der Waals surface area (Å²) in [5, 5.41) is 8.90. The molecule has 1 aromatic carbocycles. The van der Waals surface area contributed by atoms with Crippen molar-refractivity contribution in [3.63, 3.8) is 0 Å². The molecule has 0 saturated carbocycles. The minimum Gasteiger partial charge on any atom is -0.481 e. The third kappa shape index (κ3) is 3.34. The topological polar surface area (TPSA) is 92.9 Å². The SMILES string of the molecule is N[C@@H](C(=O)N1CCOCC1CC(=O)O)c1ccccc1. The number of aliphatic carboxylic acids is 1. The van der Waals surface area contributed by atoms with Crippen LogP contribution in [0.25, 0.3) is 0 Å². The van der Waals surface area contributed by atoms with E-state index < -0.39 is 18.1 Å². The molecule has 3 N–H and O–H groups in total. The summed E-state index contributed by atoms with van der Waals surface area (Å²) in [6.45, 7) is 1.01. The molecule has 1 aliphatic heterocycles. The maximum Gasteiger partial charge on any atom is 0.305 e. The van der Waals surface area contributed by atoms with Crippen LogP contribution in [0.4, 0.5) is 0 Å². The van der Waals surface area contributed by atoms with Crippen LogP contribution in [-0.2, 0) is 14.3 Å². The van der Waals surface area contributed by atoms with E-state index >= 15 is 0 Å². The van der Waals surface area contributed by atoms with Crippen LogP contribution >= 0.6 is 0 Å². The van der Waals surface area contributed by atoms with Gasteiger partial charge in [-0.15, -0.1) is 0 Å². The van der Waals surface area contributed by atoms with Crippen LogP contribution in [0, 0.1) is 0 Å². The van der Waals surface area contributed by atoms with Crippen LogP contribution in [0.2, 0.25) is 0 Å². The molecule has 0 aromatic heterocycles. The number of carbonyl (C=O) groups excluding carboxylic acids is 1. The van der Waals surface area contributed by atoms with Gasteiger partial charge in [0.1, 0.15) is 6.04 Å². The summed E-state index contributed by atoms with van der Waals surface area (Å²) in [7, 11) is 0.